The number of rotatable bonds is 8. The third-order valence-corrected chi connectivity index (χ3v) is 3.89. The third kappa shape index (κ3) is 4.93. The van der Waals surface area contributed by atoms with Gasteiger partial charge in [0.1, 0.15) is 0 Å². The monoisotopic (exact) mass is 281 g/mol. The largest absolute Gasteiger partial charge is 0.382 e. The molecular formula is C20H27N. The fourth-order valence-corrected chi connectivity index (χ4v) is 2.84. The van der Waals surface area contributed by atoms with Gasteiger partial charge in [-0.05, 0) is 36.5 Å². The lowest BCUT2D eigenvalue weighted by atomic mass is 10.0. The van der Waals surface area contributed by atoms with Crippen LogP contribution in [0.25, 0.3) is 0 Å². The molecule has 1 heteroatoms. The number of nitrogens with one attached hydrogen (secondary N) is 1. The summed E-state index contributed by atoms with van der Waals surface area (Å²) in [5.41, 5.74) is 4.06. The highest BCUT2D eigenvalue weighted by molar-refractivity contribution is 5.53. The summed E-state index contributed by atoms with van der Waals surface area (Å²) in [4.78, 5) is 0. The molecule has 2 aromatic carbocycles. The van der Waals surface area contributed by atoms with E-state index in [-0.39, 0.29) is 0 Å². The zero-order chi connectivity index (χ0) is 14.9. The minimum atomic E-state index is 0.594. The zero-order valence-corrected chi connectivity index (χ0v) is 13.3. The van der Waals surface area contributed by atoms with E-state index in [0.717, 1.165) is 6.42 Å². The Morgan fingerprint density at radius 2 is 1.43 bits per heavy atom. The average molecular weight is 281 g/mol. The molecule has 112 valence electrons. The number of anilines is 1. The minimum Gasteiger partial charge on any atom is -0.382 e. The Hall–Kier alpha value is -1.76. The molecule has 0 saturated carbocycles. The van der Waals surface area contributed by atoms with Gasteiger partial charge in [0.05, 0.1) is 0 Å². The first-order chi connectivity index (χ1) is 10.3. The van der Waals surface area contributed by atoms with Gasteiger partial charge in [-0.25, -0.2) is 0 Å². The van der Waals surface area contributed by atoms with Crippen molar-refractivity contribution in [1.82, 2.24) is 0 Å². The van der Waals surface area contributed by atoms with E-state index in [0.29, 0.717) is 6.04 Å². The highest BCUT2D eigenvalue weighted by atomic mass is 14.9. The van der Waals surface area contributed by atoms with Crippen LogP contribution in [0.5, 0.6) is 0 Å². The Balaban J connectivity index is 2.12. The van der Waals surface area contributed by atoms with E-state index < -0.39 is 0 Å². The van der Waals surface area contributed by atoms with Crippen LogP contribution >= 0.6 is 0 Å². The summed E-state index contributed by atoms with van der Waals surface area (Å²) < 4.78 is 0. The van der Waals surface area contributed by atoms with Gasteiger partial charge in [0.2, 0.25) is 0 Å². The maximum absolute atomic E-state index is 3.77. The molecule has 21 heavy (non-hydrogen) atoms. The topological polar surface area (TPSA) is 12.0 Å². The van der Waals surface area contributed by atoms with Crippen molar-refractivity contribution in [3.05, 3.63) is 65.7 Å². The first kappa shape index (κ1) is 15.6. The van der Waals surface area contributed by atoms with E-state index in [1.807, 2.05) is 0 Å². The summed E-state index contributed by atoms with van der Waals surface area (Å²) in [6.07, 6.45) is 5.95. The van der Waals surface area contributed by atoms with Crippen molar-refractivity contribution in [3.63, 3.8) is 0 Å². The van der Waals surface area contributed by atoms with Crippen LogP contribution in [0.4, 0.5) is 5.69 Å². The van der Waals surface area contributed by atoms with Crippen molar-refractivity contribution in [3.8, 4) is 0 Å². The Morgan fingerprint density at radius 3 is 2.10 bits per heavy atom. The lowest BCUT2D eigenvalue weighted by Crippen LogP contribution is -2.19. The Kier molecular flexibility index (Phi) is 6.33. The highest BCUT2D eigenvalue weighted by Crippen LogP contribution is 2.22. The summed E-state index contributed by atoms with van der Waals surface area (Å²) >= 11 is 0. The molecule has 0 amide bonds. The predicted octanol–water partition coefficient (Wildman–Crippen LogP) is 5.66. The SMILES string of the molecule is CCCC(CCC)Nc1ccccc1Cc1ccccc1. The van der Waals surface area contributed by atoms with Crippen molar-refractivity contribution in [2.24, 2.45) is 0 Å². The van der Waals surface area contributed by atoms with Gasteiger partial charge in [-0.1, -0.05) is 75.2 Å². The van der Waals surface area contributed by atoms with Gasteiger partial charge in [0, 0.05) is 11.7 Å². The maximum Gasteiger partial charge on any atom is 0.0378 e. The van der Waals surface area contributed by atoms with Gasteiger partial charge in [-0.2, -0.15) is 0 Å². The summed E-state index contributed by atoms with van der Waals surface area (Å²) in [5, 5.41) is 3.77. The van der Waals surface area contributed by atoms with E-state index in [1.54, 1.807) is 0 Å². The quantitative estimate of drug-likeness (QED) is 0.658. The molecule has 0 aliphatic heterocycles. The molecule has 0 aliphatic rings. The molecule has 0 fully saturated rings. The van der Waals surface area contributed by atoms with Crippen LogP contribution < -0.4 is 5.32 Å². The second-order valence-corrected chi connectivity index (χ2v) is 5.74. The maximum atomic E-state index is 3.77. The Morgan fingerprint density at radius 1 is 0.810 bits per heavy atom. The fourth-order valence-electron chi connectivity index (χ4n) is 2.84. The van der Waals surface area contributed by atoms with Gasteiger partial charge in [0.25, 0.3) is 0 Å². The molecule has 0 unspecified atom stereocenters. The molecule has 1 nitrogen and oxygen atoms in total. The Bertz CT molecular complexity index is 512. The fraction of sp³-hybridized carbons (Fsp3) is 0.400. The number of para-hydroxylation sites is 1. The third-order valence-electron chi connectivity index (χ3n) is 3.89. The van der Waals surface area contributed by atoms with Crippen LogP contribution in [0.3, 0.4) is 0 Å². The molecule has 0 saturated heterocycles. The number of hydrogen-bond acceptors (Lipinski definition) is 1. The Labute approximate surface area is 129 Å². The van der Waals surface area contributed by atoms with Crippen LogP contribution in [-0.4, -0.2) is 6.04 Å². The van der Waals surface area contributed by atoms with Crippen molar-refractivity contribution < 1.29 is 0 Å². The average Bonchev–Trinajstić information content (AvgIpc) is 2.51. The van der Waals surface area contributed by atoms with Crippen LogP contribution in [0.1, 0.15) is 50.7 Å². The van der Waals surface area contributed by atoms with Crippen LogP contribution in [0.15, 0.2) is 54.6 Å². The highest BCUT2D eigenvalue weighted by Gasteiger charge is 2.09. The second kappa shape index (κ2) is 8.51. The molecule has 0 heterocycles. The van der Waals surface area contributed by atoms with E-state index >= 15 is 0 Å². The number of benzene rings is 2. The summed E-state index contributed by atoms with van der Waals surface area (Å²) in [6.45, 7) is 4.53. The molecule has 2 aromatic rings. The van der Waals surface area contributed by atoms with Crippen molar-refractivity contribution in [1.29, 1.82) is 0 Å². The van der Waals surface area contributed by atoms with Gasteiger partial charge in [-0.3, -0.25) is 0 Å². The normalized spacial score (nSPS) is 10.8. The molecule has 0 aromatic heterocycles. The van der Waals surface area contributed by atoms with Crippen LogP contribution in [-0.2, 0) is 6.42 Å². The smallest absolute Gasteiger partial charge is 0.0378 e. The summed E-state index contributed by atoms with van der Waals surface area (Å²) in [6, 6.07) is 20.0. The standard InChI is InChI=1S/C20H27N/c1-3-10-19(11-4-2)21-20-15-9-8-14-18(20)16-17-12-6-5-7-13-17/h5-9,12-15,19,21H,3-4,10-11,16H2,1-2H3. The van der Waals surface area contributed by atoms with Crippen molar-refractivity contribution in [2.75, 3.05) is 5.32 Å². The van der Waals surface area contributed by atoms with Crippen molar-refractivity contribution in [2.45, 2.75) is 52.0 Å². The summed E-state index contributed by atoms with van der Waals surface area (Å²) in [5.74, 6) is 0. The predicted molar refractivity (Wildman–Crippen MR) is 92.9 cm³/mol. The van der Waals surface area contributed by atoms with Gasteiger partial charge in [0.15, 0.2) is 0 Å². The molecular weight excluding hydrogens is 254 g/mol. The number of hydrogen-bond donors (Lipinski definition) is 1. The molecule has 0 radical (unpaired) electrons. The minimum absolute atomic E-state index is 0.594. The molecule has 0 aliphatic carbocycles. The lowest BCUT2D eigenvalue weighted by molar-refractivity contribution is 0.586. The molecule has 0 spiro atoms. The van der Waals surface area contributed by atoms with Gasteiger partial charge in [-0.15, -0.1) is 0 Å². The molecule has 0 bridgehead atoms. The first-order valence-electron chi connectivity index (χ1n) is 8.21. The van der Waals surface area contributed by atoms with Crippen molar-refractivity contribution >= 4 is 5.69 Å². The zero-order valence-electron chi connectivity index (χ0n) is 13.3. The van der Waals surface area contributed by atoms with E-state index in [9.17, 15) is 0 Å². The lowest BCUT2D eigenvalue weighted by Gasteiger charge is -2.21. The van der Waals surface area contributed by atoms with Crippen LogP contribution in [0, 0.1) is 0 Å². The van der Waals surface area contributed by atoms with Gasteiger partial charge >= 0.3 is 0 Å². The van der Waals surface area contributed by atoms with E-state index in [1.165, 1.54) is 42.5 Å². The molecule has 1 N–H and O–H groups in total. The van der Waals surface area contributed by atoms with Gasteiger partial charge < -0.3 is 5.32 Å². The molecule has 2 rings (SSSR count). The van der Waals surface area contributed by atoms with E-state index in [4.69, 9.17) is 0 Å². The second-order valence-electron chi connectivity index (χ2n) is 5.74. The summed E-state index contributed by atoms with van der Waals surface area (Å²) in [7, 11) is 0. The van der Waals surface area contributed by atoms with E-state index in [2.05, 4.69) is 73.8 Å². The molecule has 0 atom stereocenters. The van der Waals surface area contributed by atoms with Crippen LogP contribution in [0.2, 0.25) is 0 Å². The first-order valence-corrected chi connectivity index (χ1v) is 8.21.